The lowest BCUT2D eigenvalue weighted by Crippen LogP contribution is -2.62. The van der Waals surface area contributed by atoms with Crippen molar-refractivity contribution in [1.29, 1.82) is 0 Å². The van der Waals surface area contributed by atoms with Gasteiger partial charge in [0, 0.05) is 23.8 Å². The van der Waals surface area contributed by atoms with Gasteiger partial charge in [-0.2, -0.15) is 0 Å². The lowest BCUT2D eigenvalue weighted by Gasteiger charge is -2.52. The fourth-order valence-corrected chi connectivity index (χ4v) is 8.45. The maximum absolute atomic E-state index is 14.6. The quantitative estimate of drug-likeness (QED) is 0.397. The van der Waals surface area contributed by atoms with Gasteiger partial charge in [-0.05, 0) is 29.6 Å². The Morgan fingerprint density at radius 1 is 0.914 bits per heavy atom. The Labute approximate surface area is 213 Å². The maximum Gasteiger partial charge on any atom is 0.191 e. The molecule has 0 spiro atoms. The SMILES string of the molecule is [O-]C(c1ccccc1)(c1cc(C[N+]23CCC(CC2)C(Sc2ccccc2)C3)on1)C1CCCCC1. The summed E-state index contributed by atoms with van der Waals surface area (Å²) >= 11 is 2.05. The first-order chi connectivity index (χ1) is 17.1. The second kappa shape index (κ2) is 9.76. The van der Waals surface area contributed by atoms with E-state index in [-0.39, 0.29) is 5.92 Å². The molecule has 4 fully saturated rings. The molecule has 1 aromatic heterocycles. The molecule has 2 atom stereocenters. The summed E-state index contributed by atoms with van der Waals surface area (Å²) in [5.74, 6) is 1.76. The molecule has 184 valence electrons. The van der Waals surface area contributed by atoms with Crippen molar-refractivity contribution in [3.8, 4) is 0 Å². The van der Waals surface area contributed by atoms with Crippen molar-refractivity contribution in [1.82, 2.24) is 5.16 Å². The molecule has 4 heterocycles. The highest BCUT2D eigenvalue weighted by molar-refractivity contribution is 8.00. The Kier molecular flexibility index (Phi) is 6.50. The van der Waals surface area contributed by atoms with E-state index in [1.54, 1.807) is 0 Å². The van der Waals surface area contributed by atoms with Crippen molar-refractivity contribution in [2.24, 2.45) is 11.8 Å². The molecular formula is C30H36N2O2S. The summed E-state index contributed by atoms with van der Waals surface area (Å²) in [6, 6.07) is 22.8. The Hall–Kier alpha value is -2.08. The number of thioether (sulfide) groups is 1. The van der Waals surface area contributed by atoms with Gasteiger partial charge in [-0.1, -0.05) is 91.4 Å². The molecule has 4 nitrogen and oxygen atoms in total. The number of hydrogen-bond donors (Lipinski definition) is 0. The normalized spacial score (nSPS) is 28.6. The fourth-order valence-electron chi connectivity index (χ4n) is 6.93. The Morgan fingerprint density at radius 3 is 2.31 bits per heavy atom. The zero-order chi connectivity index (χ0) is 23.7. The molecule has 0 amide bonds. The van der Waals surface area contributed by atoms with Crippen LogP contribution in [0.1, 0.15) is 62.0 Å². The van der Waals surface area contributed by atoms with Gasteiger partial charge in [-0.3, -0.25) is 0 Å². The topological polar surface area (TPSA) is 49.1 Å². The minimum absolute atomic E-state index is 0.0704. The summed E-state index contributed by atoms with van der Waals surface area (Å²) in [4.78, 5) is 1.37. The van der Waals surface area contributed by atoms with Crippen LogP contribution in [0.25, 0.3) is 0 Å². The van der Waals surface area contributed by atoms with Crippen LogP contribution < -0.4 is 5.11 Å². The summed E-state index contributed by atoms with van der Waals surface area (Å²) in [5.41, 5.74) is 0.0899. The van der Waals surface area contributed by atoms with E-state index in [1.807, 2.05) is 36.4 Å². The molecule has 1 saturated carbocycles. The van der Waals surface area contributed by atoms with Crippen LogP contribution in [0.15, 0.2) is 76.1 Å². The van der Waals surface area contributed by atoms with Crippen molar-refractivity contribution < 1.29 is 14.1 Å². The first-order valence-electron chi connectivity index (χ1n) is 13.4. The second-order valence-corrected chi connectivity index (χ2v) is 12.4. The Balaban J connectivity index is 1.24. The van der Waals surface area contributed by atoms with Gasteiger partial charge < -0.3 is 14.1 Å². The molecule has 3 saturated heterocycles. The minimum Gasteiger partial charge on any atom is -0.841 e. The van der Waals surface area contributed by atoms with E-state index in [4.69, 9.17) is 4.52 Å². The third kappa shape index (κ3) is 4.59. The standard InChI is InChI=1S/C30H36N2O2S/c33-30(24-10-4-1-5-11-24,25-12-6-2-7-13-25)29-20-26(34-31-29)21-32-18-16-23(17-19-32)28(22-32)35-27-14-8-3-9-15-27/h1,3-5,8-11,14-15,20,23,25,28H,2,6-7,12-13,16-19,21-22H2. The van der Waals surface area contributed by atoms with Crippen molar-refractivity contribution in [3.63, 3.8) is 0 Å². The van der Waals surface area contributed by atoms with Gasteiger partial charge in [0.1, 0.15) is 6.54 Å². The molecule has 1 aliphatic carbocycles. The van der Waals surface area contributed by atoms with E-state index in [0.717, 1.165) is 54.0 Å². The average molecular weight is 489 g/mol. The van der Waals surface area contributed by atoms with Crippen LogP contribution in [0.5, 0.6) is 0 Å². The summed E-state index contributed by atoms with van der Waals surface area (Å²) in [6.07, 6.45) is 8.00. The van der Waals surface area contributed by atoms with Crippen molar-refractivity contribution in [3.05, 3.63) is 83.7 Å². The number of quaternary nitrogens is 1. The highest BCUT2D eigenvalue weighted by Gasteiger charge is 2.47. The fraction of sp³-hybridized carbons (Fsp3) is 0.500. The number of nitrogens with zero attached hydrogens (tertiary/aromatic N) is 2. The smallest absolute Gasteiger partial charge is 0.191 e. The molecule has 35 heavy (non-hydrogen) atoms. The molecule has 3 aliphatic heterocycles. The third-order valence-electron chi connectivity index (χ3n) is 8.89. The van der Waals surface area contributed by atoms with Crippen molar-refractivity contribution in [2.45, 2.75) is 67.2 Å². The number of benzene rings is 2. The van der Waals surface area contributed by atoms with Gasteiger partial charge in [0.15, 0.2) is 5.76 Å². The van der Waals surface area contributed by atoms with Gasteiger partial charge in [-0.15, -0.1) is 11.8 Å². The molecular weight excluding hydrogens is 452 g/mol. The van der Waals surface area contributed by atoms with Crippen molar-refractivity contribution >= 4 is 11.8 Å². The van der Waals surface area contributed by atoms with Gasteiger partial charge in [0.2, 0.25) is 0 Å². The first kappa shape index (κ1) is 23.3. The zero-order valence-corrected chi connectivity index (χ0v) is 21.3. The molecule has 5 heteroatoms. The van der Waals surface area contributed by atoms with Crippen LogP contribution in [-0.2, 0) is 12.1 Å². The summed E-state index contributed by atoms with van der Waals surface area (Å²) in [7, 11) is 0. The van der Waals surface area contributed by atoms with E-state index in [2.05, 4.69) is 47.3 Å². The number of aromatic nitrogens is 1. The van der Waals surface area contributed by atoms with E-state index < -0.39 is 5.60 Å². The molecule has 0 radical (unpaired) electrons. The first-order valence-corrected chi connectivity index (χ1v) is 14.3. The monoisotopic (exact) mass is 488 g/mol. The zero-order valence-electron chi connectivity index (χ0n) is 20.5. The van der Waals surface area contributed by atoms with Crippen molar-refractivity contribution in [2.75, 3.05) is 19.6 Å². The molecule has 4 aliphatic rings. The number of hydrogen-bond acceptors (Lipinski definition) is 4. The summed E-state index contributed by atoms with van der Waals surface area (Å²) in [6.45, 7) is 4.43. The third-order valence-corrected chi connectivity index (χ3v) is 10.3. The lowest BCUT2D eigenvalue weighted by atomic mass is 9.71. The largest absolute Gasteiger partial charge is 0.841 e. The van der Waals surface area contributed by atoms with Gasteiger partial charge in [0.25, 0.3) is 0 Å². The van der Waals surface area contributed by atoms with E-state index in [1.165, 1.54) is 43.8 Å². The maximum atomic E-state index is 14.6. The molecule has 0 N–H and O–H groups in total. The molecule has 2 bridgehead atoms. The molecule has 7 rings (SSSR count). The number of fused-ring (bicyclic) bond motifs is 3. The van der Waals surface area contributed by atoms with Crippen LogP contribution in [0.3, 0.4) is 0 Å². The highest BCUT2D eigenvalue weighted by Crippen LogP contribution is 2.44. The van der Waals surface area contributed by atoms with Crippen LogP contribution in [0.4, 0.5) is 0 Å². The minimum atomic E-state index is -1.33. The predicted octanol–water partition coefficient (Wildman–Crippen LogP) is 5.76. The Morgan fingerprint density at radius 2 is 1.60 bits per heavy atom. The highest BCUT2D eigenvalue weighted by atomic mass is 32.2. The second-order valence-electron chi connectivity index (χ2n) is 11.1. The summed E-state index contributed by atoms with van der Waals surface area (Å²) < 4.78 is 7.02. The van der Waals surface area contributed by atoms with Gasteiger partial charge in [-0.25, -0.2) is 0 Å². The van der Waals surface area contributed by atoms with Crippen LogP contribution in [-0.4, -0.2) is 34.5 Å². The molecule has 2 unspecified atom stereocenters. The predicted molar refractivity (Wildman–Crippen MR) is 138 cm³/mol. The Bertz CT molecular complexity index is 1100. The number of piperidine rings is 3. The van der Waals surface area contributed by atoms with Gasteiger partial charge >= 0.3 is 0 Å². The van der Waals surface area contributed by atoms with Crippen LogP contribution in [0, 0.1) is 11.8 Å². The summed E-state index contributed by atoms with van der Waals surface area (Å²) in [5, 5.41) is 19.8. The lowest BCUT2D eigenvalue weighted by molar-refractivity contribution is -0.954. The van der Waals surface area contributed by atoms with Crippen LogP contribution >= 0.6 is 11.8 Å². The van der Waals surface area contributed by atoms with E-state index in [0.29, 0.717) is 10.9 Å². The van der Waals surface area contributed by atoms with E-state index in [9.17, 15) is 5.11 Å². The average Bonchev–Trinajstić information content (AvgIpc) is 3.39. The van der Waals surface area contributed by atoms with E-state index >= 15 is 0 Å². The molecule has 2 aromatic carbocycles. The van der Waals surface area contributed by atoms with Gasteiger partial charge in [0.05, 0.1) is 30.6 Å². The number of rotatable bonds is 7. The van der Waals surface area contributed by atoms with Crippen LogP contribution in [0.2, 0.25) is 0 Å². The molecule has 3 aromatic rings.